The van der Waals surface area contributed by atoms with Crippen LogP contribution in [0.4, 0.5) is 16.0 Å². The molecule has 1 aliphatic carbocycles. The Hall–Kier alpha value is -2.89. The molecule has 2 N–H and O–H groups in total. The minimum absolute atomic E-state index is 0.215. The molecule has 0 spiro atoms. The first-order chi connectivity index (χ1) is 13.7. The van der Waals surface area contributed by atoms with Gasteiger partial charge in [-0.1, -0.05) is 20.8 Å². The molecule has 1 heterocycles. The van der Waals surface area contributed by atoms with Crippen molar-refractivity contribution in [2.24, 2.45) is 11.3 Å². The van der Waals surface area contributed by atoms with E-state index in [0.29, 0.717) is 17.4 Å². The van der Waals surface area contributed by atoms with Crippen molar-refractivity contribution in [2.45, 2.75) is 46.1 Å². The van der Waals surface area contributed by atoms with E-state index in [9.17, 15) is 14.3 Å². The number of carbonyl (C=O) groups is 1. The number of nitrogens with zero attached hydrogens (tertiary/aromatic N) is 2. The number of imidazole rings is 1. The summed E-state index contributed by atoms with van der Waals surface area (Å²) in [7, 11) is 0. The third kappa shape index (κ3) is 3.97. The number of halogens is 1. The Morgan fingerprint density at radius 1 is 1.21 bits per heavy atom. The number of hydrogen-bond donors (Lipinski definition) is 2. The van der Waals surface area contributed by atoms with Crippen LogP contribution in [0.25, 0.3) is 11.0 Å². The highest BCUT2D eigenvalue weighted by Gasteiger charge is 2.34. The maximum absolute atomic E-state index is 13.3. The highest BCUT2D eigenvalue weighted by molar-refractivity contribution is 5.93. The second kappa shape index (κ2) is 7.17. The number of carboxylic acid groups (broad SMARTS) is 1. The van der Waals surface area contributed by atoms with E-state index < -0.39 is 5.97 Å². The van der Waals surface area contributed by atoms with Crippen LogP contribution in [0.1, 0.15) is 56.4 Å². The number of hydrogen-bond acceptors (Lipinski definition) is 3. The maximum atomic E-state index is 13.3. The lowest BCUT2D eigenvalue weighted by molar-refractivity contribution is 0.0697. The molecule has 6 heteroatoms. The highest BCUT2D eigenvalue weighted by atomic mass is 19.1. The summed E-state index contributed by atoms with van der Waals surface area (Å²) in [5.74, 6) is -0.0258. The van der Waals surface area contributed by atoms with Gasteiger partial charge >= 0.3 is 5.97 Å². The Kier molecular flexibility index (Phi) is 4.81. The number of aromatic carboxylic acids is 1. The summed E-state index contributed by atoms with van der Waals surface area (Å²) >= 11 is 0. The van der Waals surface area contributed by atoms with Gasteiger partial charge in [-0.25, -0.2) is 14.2 Å². The van der Waals surface area contributed by atoms with Crippen molar-refractivity contribution in [1.82, 2.24) is 9.55 Å². The molecule has 0 amide bonds. The summed E-state index contributed by atoms with van der Waals surface area (Å²) in [6.07, 6.45) is 3.23. The molecule has 4 rings (SSSR count). The molecule has 0 saturated heterocycles. The minimum atomic E-state index is -0.970. The number of rotatable bonds is 4. The van der Waals surface area contributed by atoms with Crippen LogP contribution in [0.15, 0.2) is 42.5 Å². The van der Waals surface area contributed by atoms with Crippen molar-refractivity contribution in [3.63, 3.8) is 0 Å². The van der Waals surface area contributed by atoms with E-state index in [2.05, 4.69) is 30.7 Å². The molecule has 0 aliphatic heterocycles. The molecule has 0 radical (unpaired) electrons. The van der Waals surface area contributed by atoms with Crippen LogP contribution in [-0.4, -0.2) is 20.6 Å². The van der Waals surface area contributed by atoms with E-state index in [0.717, 1.165) is 24.0 Å². The molecule has 152 valence electrons. The second-order valence-electron chi connectivity index (χ2n) is 9.01. The highest BCUT2D eigenvalue weighted by Crippen LogP contribution is 2.46. The first kappa shape index (κ1) is 19.4. The molecule has 1 fully saturated rings. The van der Waals surface area contributed by atoms with E-state index in [1.807, 2.05) is 6.07 Å². The van der Waals surface area contributed by atoms with Crippen LogP contribution in [0.3, 0.4) is 0 Å². The quantitative estimate of drug-likeness (QED) is 0.568. The number of carboxylic acids is 1. The molecule has 1 saturated carbocycles. The minimum Gasteiger partial charge on any atom is -0.478 e. The molecule has 0 bridgehead atoms. The zero-order valence-corrected chi connectivity index (χ0v) is 16.9. The van der Waals surface area contributed by atoms with Gasteiger partial charge in [0.25, 0.3) is 0 Å². The fourth-order valence-electron chi connectivity index (χ4n) is 4.84. The Morgan fingerprint density at radius 3 is 2.59 bits per heavy atom. The van der Waals surface area contributed by atoms with Gasteiger partial charge in [-0.2, -0.15) is 0 Å². The molecule has 29 heavy (non-hydrogen) atoms. The molecule has 3 aromatic rings. The van der Waals surface area contributed by atoms with E-state index in [4.69, 9.17) is 4.98 Å². The summed E-state index contributed by atoms with van der Waals surface area (Å²) in [5, 5.41) is 12.7. The molecule has 2 atom stereocenters. The summed E-state index contributed by atoms with van der Waals surface area (Å²) < 4.78 is 15.5. The fraction of sp³-hybridized carbons (Fsp3) is 0.391. The lowest BCUT2D eigenvalue weighted by Crippen LogP contribution is -2.29. The Balaban J connectivity index is 1.82. The SMILES string of the molecule is CC1C[C@@H](n2c(Nc3ccc(F)cc3)nc3cc(C(=O)O)ccc32)CC(C)(C)C1. The van der Waals surface area contributed by atoms with Crippen LogP contribution in [0.2, 0.25) is 0 Å². The van der Waals surface area contributed by atoms with Crippen molar-refractivity contribution in [3.8, 4) is 0 Å². The van der Waals surface area contributed by atoms with E-state index in [-0.39, 0.29) is 22.8 Å². The largest absolute Gasteiger partial charge is 0.478 e. The Morgan fingerprint density at radius 2 is 1.93 bits per heavy atom. The first-order valence-electron chi connectivity index (χ1n) is 10.00. The van der Waals surface area contributed by atoms with Crippen LogP contribution in [-0.2, 0) is 0 Å². The molecule has 1 aliphatic rings. The molecular formula is C23H26FN3O2. The van der Waals surface area contributed by atoms with Crippen LogP contribution < -0.4 is 5.32 Å². The van der Waals surface area contributed by atoms with Gasteiger partial charge in [0.05, 0.1) is 16.6 Å². The molecule has 5 nitrogen and oxygen atoms in total. The number of fused-ring (bicyclic) bond motifs is 1. The monoisotopic (exact) mass is 395 g/mol. The summed E-state index contributed by atoms with van der Waals surface area (Å²) in [6, 6.07) is 11.5. The van der Waals surface area contributed by atoms with Crippen LogP contribution >= 0.6 is 0 Å². The molecular weight excluding hydrogens is 369 g/mol. The van der Waals surface area contributed by atoms with Crippen molar-refractivity contribution < 1.29 is 14.3 Å². The summed E-state index contributed by atoms with van der Waals surface area (Å²) in [5.41, 5.74) is 2.73. The Bertz CT molecular complexity index is 1060. The third-order valence-electron chi connectivity index (χ3n) is 5.77. The van der Waals surface area contributed by atoms with Gasteiger partial charge in [0, 0.05) is 11.7 Å². The van der Waals surface area contributed by atoms with Gasteiger partial charge in [0.15, 0.2) is 0 Å². The molecule has 1 unspecified atom stereocenters. The number of nitrogens with one attached hydrogen (secondary N) is 1. The van der Waals surface area contributed by atoms with Gasteiger partial charge < -0.3 is 15.0 Å². The second-order valence-corrected chi connectivity index (χ2v) is 9.01. The molecule has 1 aromatic heterocycles. The smallest absolute Gasteiger partial charge is 0.335 e. The zero-order chi connectivity index (χ0) is 20.8. The van der Waals surface area contributed by atoms with Crippen LogP contribution in [0, 0.1) is 17.2 Å². The average molecular weight is 395 g/mol. The zero-order valence-electron chi connectivity index (χ0n) is 16.9. The lowest BCUT2D eigenvalue weighted by atomic mass is 9.70. The van der Waals surface area contributed by atoms with Crippen molar-refractivity contribution in [3.05, 3.63) is 53.8 Å². The normalized spacial score (nSPS) is 21.2. The van der Waals surface area contributed by atoms with Gasteiger partial charge in [-0.3, -0.25) is 0 Å². The van der Waals surface area contributed by atoms with Gasteiger partial charge in [0.1, 0.15) is 5.82 Å². The maximum Gasteiger partial charge on any atom is 0.335 e. The predicted octanol–water partition coefficient (Wildman–Crippen LogP) is 6.00. The Labute approximate surface area is 169 Å². The van der Waals surface area contributed by atoms with E-state index in [1.54, 1.807) is 24.3 Å². The van der Waals surface area contributed by atoms with Gasteiger partial charge in [0.2, 0.25) is 5.95 Å². The molecule has 2 aromatic carbocycles. The number of benzene rings is 2. The van der Waals surface area contributed by atoms with Crippen molar-refractivity contribution in [1.29, 1.82) is 0 Å². The van der Waals surface area contributed by atoms with Crippen molar-refractivity contribution in [2.75, 3.05) is 5.32 Å². The summed E-state index contributed by atoms with van der Waals surface area (Å²) in [6.45, 7) is 6.87. The fourth-order valence-corrected chi connectivity index (χ4v) is 4.84. The predicted molar refractivity (Wildman–Crippen MR) is 112 cm³/mol. The van der Waals surface area contributed by atoms with E-state index >= 15 is 0 Å². The lowest BCUT2D eigenvalue weighted by Gasteiger charge is -2.40. The van der Waals surface area contributed by atoms with Crippen molar-refractivity contribution >= 4 is 28.6 Å². The topological polar surface area (TPSA) is 67.2 Å². The average Bonchev–Trinajstić information content (AvgIpc) is 2.98. The number of aromatic nitrogens is 2. The van der Waals surface area contributed by atoms with Gasteiger partial charge in [-0.15, -0.1) is 0 Å². The number of anilines is 2. The first-order valence-corrected chi connectivity index (χ1v) is 10.00. The van der Waals surface area contributed by atoms with Gasteiger partial charge in [-0.05, 0) is 73.1 Å². The standard InChI is InChI=1S/C23H26FN3O2/c1-14-10-18(13-23(2,3)12-14)27-20-9-4-15(21(28)29)11-19(20)26-22(27)25-17-7-5-16(24)6-8-17/h4-9,11,14,18H,10,12-13H2,1-3H3,(H,25,26)(H,28,29)/t14?,18-/m1/s1. The third-order valence-corrected chi connectivity index (χ3v) is 5.77. The van der Waals surface area contributed by atoms with E-state index in [1.165, 1.54) is 18.6 Å². The summed E-state index contributed by atoms with van der Waals surface area (Å²) in [4.78, 5) is 16.1. The van der Waals surface area contributed by atoms with Crippen LogP contribution in [0.5, 0.6) is 0 Å².